The molecule has 6 unspecified atom stereocenters. The van der Waals surface area contributed by atoms with Crippen molar-refractivity contribution in [2.24, 2.45) is 36.1 Å². The Morgan fingerprint density at radius 3 is 2.60 bits per heavy atom. The van der Waals surface area contributed by atoms with Crippen molar-refractivity contribution in [2.75, 3.05) is 11.4 Å². The number of carbonyl (C=O) groups is 4. The fourth-order valence-corrected chi connectivity index (χ4v) is 10.2. The standard InChI is InChI=1S/C36H35ClN4O6S/c1-5-12-40-32(43)21-9-8-20-23(29(21)34(40)45)14-24-33(44)41(35(46)36(24,3)30(20)26-10-7-19(16-42)47-26)28-15-25(38-39(28)4)31-17(2)22-13-18(37)6-11-27(22)48-31/h6-8,10-11,13,15,21,23-24,29-30,42H,5,9,12,14,16H2,1-4H3. The molecule has 5 heterocycles. The Balaban J connectivity index is 1.23. The van der Waals surface area contributed by atoms with E-state index in [1.807, 2.05) is 45.0 Å². The normalized spacial score (nSPS) is 28.4. The number of amides is 4. The number of allylic oxidation sites excluding steroid dienone is 2. The van der Waals surface area contributed by atoms with E-state index >= 15 is 0 Å². The molecule has 0 radical (unpaired) electrons. The lowest BCUT2D eigenvalue weighted by Crippen LogP contribution is -2.48. The Labute approximate surface area is 285 Å². The van der Waals surface area contributed by atoms with Crippen molar-refractivity contribution < 1.29 is 28.7 Å². The summed E-state index contributed by atoms with van der Waals surface area (Å²) in [7, 11) is 1.72. The Bertz CT molecular complexity index is 2090. The number of rotatable bonds is 6. The van der Waals surface area contributed by atoms with Crippen LogP contribution in [0.3, 0.4) is 0 Å². The van der Waals surface area contributed by atoms with Crippen molar-refractivity contribution in [1.29, 1.82) is 0 Å². The van der Waals surface area contributed by atoms with Crippen molar-refractivity contribution in [3.8, 4) is 10.6 Å². The Morgan fingerprint density at radius 2 is 1.88 bits per heavy atom. The highest BCUT2D eigenvalue weighted by Crippen LogP contribution is 2.63. The molecule has 1 aromatic carbocycles. The molecular formula is C36H35ClN4O6S. The second-order valence-corrected chi connectivity index (χ2v) is 15.1. The van der Waals surface area contributed by atoms with E-state index in [9.17, 15) is 24.3 Å². The highest BCUT2D eigenvalue weighted by molar-refractivity contribution is 7.22. The minimum absolute atomic E-state index is 0.163. The predicted molar refractivity (Wildman–Crippen MR) is 180 cm³/mol. The molecule has 4 aliphatic rings. The number of halogens is 1. The maximum atomic E-state index is 14.8. The quantitative estimate of drug-likeness (QED) is 0.195. The van der Waals surface area contributed by atoms with Gasteiger partial charge in [-0.1, -0.05) is 30.2 Å². The van der Waals surface area contributed by atoms with Crippen LogP contribution in [0.1, 0.15) is 56.1 Å². The largest absolute Gasteiger partial charge is 0.463 e. The van der Waals surface area contributed by atoms with E-state index < -0.39 is 35.0 Å². The van der Waals surface area contributed by atoms with Gasteiger partial charge in [0.2, 0.25) is 23.6 Å². The van der Waals surface area contributed by atoms with Crippen LogP contribution in [0.15, 0.2) is 52.5 Å². The van der Waals surface area contributed by atoms with Crippen LogP contribution in [0.25, 0.3) is 20.7 Å². The fourth-order valence-electron chi connectivity index (χ4n) is 8.89. The molecule has 1 saturated carbocycles. The average Bonchev–Trinajstić information content (AvgIpc) is 3.85. The molecule has 2 saturated heterocycles. The predicted octanol–water partition coefficient (Wildman–Crippen LogP) is 5.99. The zero-order valence-corrected chi connectivity index (χ0v) is 28.6. The topological polar surface area (TPSA) is 126 Å². The molecule has 4 amide bonds. The zero-order valence-electron chi connectivity index (χ0n) is 27.0. The molecule has 4 aromatic rings. The third kappa shape index (κ3) is 4.16. The fraction of sp³-hybridized carbons (Fsp3) is 0.417. The van der Waals surface area contributed by atoms with Crippen LogP contribution >= 0.6 is 22.9 Å². The molecule has 3 fully saturated rings. The van der Waals surface area contributed by atoms with Gasteiger partial charge in [0.1, 0.15) is 29.6 Å². The number of nitrogens with zero attached hydrogens (tertiary/aromatic N) is 4. The summed E-state index contributed by atoms with van der Waals surface area (Å²) in [6, 6.07) is 11.0. The van der Waals surface area contributed by atoms with Gasteiger partial charge in [-0.15, -0.1) is 11.3 Å². The summed E-state index contributed by atoms with van der Waals surface area (Å²) in [6.45, 7) is 5.79. The number of likely N-dealkylation sites (tertiary alicyclic amines) is 1. The van der Waals surface area contributed by atoms with Gasteiger partial charge in [0.05, 0.1) is 34.0 Å². The monoisotopic (exact) mass is 686 g/mol. The molecule has 8 rings (SSSR count). The zero-order chi connectivity index (χ0) is 33.8. The van der Waals surface area contributed by atoms with Gasteiger partial charge in [0, 0.05) is 29.4 Å². The summed E-state index contributed by atoms with van der Waals surface area (Å²) in [5.41, 5.74) is 1.25. The molecule has 6 atom stereocenters. The minimum Gasteiger partial charge on any atom is -0.463 e. The number of aliphatic hydroxyl groups excluding tert-OH is 1. The number of fused-ring (bicyclic) bond motifs is 5. The molecule has 0 spiro atoms. The molecule has 48 heavy (non-hydrogen) atoms. The van der Waals surface area contributed by atoms with Gasteiger partial charge in [0.15, 0.2) is 0 Å². The molecular weight excluding hydrogens is 652 g/mol. The van der Waals surface area contributed by atoms with Crippen LogP contribution < -0.4 is 4.90 Å². The molecule has 248 valence electrons. The van der Waals surface area contributed by atoms with Crippen LogP contribution in [-0.2, 0) is 32.8 Å². The van der Waals surface area contributed by atoms with Gasteiger partial charge in [-0.05, 0) is 80.3 Å². The van der Waals surface area contributed by atoms with E-state index in [0.29, 0.717) is 47.4 Å². The van der Waals surface area contributed by atoms with Gasteiger partial charge in [-0.25, -0.2) is 4.90 Å². The maximum absolute atomic E-state index is 14.8. The summed E-state index contributed by atoms with van der Waals surface area (Å²) in [5, 5.41) is 16.3. The smallest absolute Gasteiger partial charge is 0.242 e. The third-order valence-electron chi connectivity index (χ3n) is 11.2. The second kappa shape index (κ2) is 11.0. The van der Waals surface area contributed by atoms with Gasteiger partial charge < -0.3 is 9.52 Å². The van der Waals surface area contributed by atoms with Crippen LogP contribution in [0.2, 0.25) is 5.02 Å². The van der Waals surface area contributed by atoms with E-state index in [4.69, 9.17) is 21.1 Å². The minimum atomic E-state index is -1.25. The summed E-state index contributed by atoms with van der Waals surface area (Å²) in [4.78, 5) is 60.2. The van der Waals surface area contributed by atoms with E-state index in [1.54, 1.807) is 41.3 Å². The number of thiophene rings is 1. The van der Waals surface area contributed by atoms with E-state index in [-0.39, 0.29) is 36.7 Å². The molecule has 10 nitrogen and oxygen atoms in total. The number of imide groups is 2. The maximum Gasteiger partial charge on any atom is 0.242 e. The molecule has 0 bridgehead atoms. The second-order valence-electron chi connectivity index (χ2n) is 13.7. The molecule has 2 aliphatic carbocycles. The van der Waals surface area contributed by atoms with Crippen molar-refractivity contribution >= 4 is 62.5 Å². The van der Waals surface area contributed by atoms with Crippen molar-refractivity contribution in [3.63, 3.8) is 0 Å². The number of furan rings is 1. The first-order chi connectivity index (χ1) is 23.0. The number of aryl methyl sites for hydroxylation is 2. The highest BCUT2D eigenvalue weighted by atomic mass is 35.5. The molecule has 1 N–H and O–H groups in total. The van der Waals surface area contributed by atoms with Crippen molar-refractivity contribution in [3.05, 3.63) is 70.2 Å². The van der Waals surface area contributed by atoms with Gasteiger partial charge in [0.25, 0.3) is 0 Å². The number of carbonyl (C=O) groups excluding carboxylic acids is 4. The first kappa shape index (κ1) is 31.2. The van der Waals surface area contributed by atoms with Crippen LogP contribution in [0.5, 0.6) is 0 Å². The lowest BCUT2D eigenvalue weighted by Gasteiger charge is -2.48. The van der Waals surface area contributed by atoms with Crippen molar-refractivity contribution in [1.82, 2.24) is 14.7 Å². The van der Waals surface area contributed by atoms with E-state index in [2.05, 4.69) is 0 Å². The first-order valence-corrected chi connectivity index (χ1v) is 17.5. The summed E-state index contributed by atoms with van der Waals surface area (Å²) >= 11 is 7.86. The van der Waals surface area contributed by atoms with Crippen molar-refractivity contribution in [2.45, 2.75) is 52.6 Å². The Kier molecular flexibility index (Phi) is 7.14. The van der Waals surface area contributed by atoms with Gasteiger partial charge in [-0.2, -0.15) is 5.10 Å². The number of hydrogen-bond donors (Lipinski definition) is 1. The number of anilines is 1. The molecule has 2 aliphatic heterocycles. The van der Waals surface area contributed by atoms with Gasteiger partial charge in [-0.3, -0.25) is 28.8 Å². The SMILES string of the molecule is CCCN1C(=O)C2CC=C3C(CC4C(=O)N(c5cc(-c6sc7ccc(Cl)cc7c6C)nn5C)C(=O)C4(C)C3c3ccc(CO)o3)C2C1=O. The lowest BCUT2D eigenvalue weighted by atomic mass is 9.52. The van der Waals surface area contributed by atoms with Crippen LogP contribution in [-0.4, -0.2) is 50.0 Å². The molecule has 3 aromatic heterocycles. The number of hydrogen-bond acceptors (Lipinski definition) is 8. The summed E-state index contributed by atoms with van der Waals surface area (Å²) < 4.78 is 8.74. The molecule has 12 heteroatoms. The lowest BCUT2D eigenvalue weighted by molar-refractivity contribution is -0.140. The van der Waals surface area contributed by atoms with Crippen LogP contribution in [0.4, 0.5) is 5.82 Å². The Morgan fingerprint density at radius 1 is 1.08 bits per heavy atom. The van der Waals surface area contributed by atoms with E-state index in [0.717, 1.165) is 26.1 Å². The number of benzene rings is 1. The number of aliphatic hydroxyl groups is 1. The summed E-state index contributed by atoms with van der Waals surface area (Å²) in [6.07, 6.45) is 3.29. The van der Waals surface area contributed by atoms with Gasteiger partial charge >= 0.3 is 0 Å². The Hall–Kier alpha value is -4.06. The average molecular weight is 687 g/mol. The third-order valence-corrected chi connectivity index (χ3v) is 12.7. The first-order valence-electron chi connectivity index (χ1n) is 16.4. The van der Waals surface area contributed by atoms with E-state index in [1.165, 1.54) is 9.80 Å². The number of aromatic nitrogens is 2. The van der Waals surface area contributed by atoms with Crippen LogP contribution in [0, 0.1) is 36.0 Å². The summed E-state index contributed by atoms with van der Waals surface area (Å²) in [5.74, 6) is -2.92. The highest BCUT2D eigenvalue weighted by Gasteiger charge is 2.68.